The van der Waals surface area contributed by atoms with E-state index in [0.29, 0.717) is 0 Å². The first-order valence-electron chi connectivity index (χ1n) is 5.77. The summed E-state index contributed by atoms with van der Waals surface area (Å²) in [5.41, 5.74) is 3.33. The van der Waals surface area contributed by atoms with Gasteiger partial charge in [-0.25, -0.2) is 0 Å². The number of furan rings is 1. The Labute approximate surface area is 108 Å². The van der Waals surface area contributed by atoms with E-state index in [1.54, 1.807) is 11.3 Å². The van der Waals surface area contributed by atoms with Crippen molar-refractivity contribution < 1.29 is 4.42 Å². The van der Waals surface area contributed by atoms with Gasteiger partial charge >= 0.3 is 0 Å². The average Bonchev–Trinajstić information content (AvgIpc) is 3.01. The fourth-order valence-corrected chi connectivity index (χ4v) is 3.25. The van der Waals surface area contributed by atoms with Crippen molar-refractivity contribution in [3.05, 3.63) is 60.2 Å². The smallest absolute Gasteiger partial charge is 0.134 e. The lowest BCUT2D eigenvalue weighted by molar-refractivity contribution is 0.617. The second-order valence-electron chi connectivity index (χ2n) is 4.22. The van der Waals surface area contributed by atoms with Gasteiger partial charge < -0.3 is 4.42 Å². The molecular weight excluding hydrogens is 240 g/mol. The van der Waals surface area contributed by atoms with Gasteiger partial charge in [0.05, 0.1) is 6.26 Å². The van der Waals surface area contributed by atoms with Gasteiger partial charge in [0.15, 0.2) is 0 Å². The fourth-order valence-electron chi connectivity index (χ4n) is 2.31. The summed E-state index contributed by atoms with van der Waals surface area (Å²) in [6, 6.07) is 17.4. The highest BCUT2D eigenvalue weighted by molar-refractivity contribution is 7.17. The van der Waals surface area contributed by atoms with Crippen molar-refractivity contribution in [2.75, 3.05) is 0 Å². The molecule has 0 saturated heterocycles. The van der Waals surface area contributed by atoms with Gasteiger partial charge in [-0.1, -0.05) is 24.3 Å². The molecule has 0 aliphatic heterocycles. The zero-order valence-electron chi connectivity index (χ0n) is 9.51. The molecule has 2 heterocycles. The second kappa shape index (κ2) is 3.72. The van der Waals surface area contributed by atoms with Crippen molar-refractivity contribution in [1.29, 1.82) is 0 Å². The van der Waals surface area contributed by atoms with Crippen LogP contribution in [0, 0.1) is 6.07 Å². The number of rotatable bonds is 1. The van der Waals surface area contributed by atoms with Crippen LogP contribution in [0.3, 0.4) is 0 Å². The summed E-state index contributed by atoms with van der Waals surface area (Å²) in [6.07, 6.45) is 1.85. The molecule has 1 radical (unpaired) electrons. The zero-order valence-corrected chi connectivity index (χ0v) is 10.3. The molecule has 0 bridgehead atoms. The average molecular weight is 249 g/mol. The van der Waals surface area contributed by atoms with E-state index < -0.39 is 0 Å². The highest BCUT2D eigenvalue weighted by Gasteiger charge is 2.11. The SMILES string of the molecule is [c]1ccc2scc(-c3coc4ccccc34)c2c1. The van der Waals surface area contributed by atoms with Crippen LogP contribution < -0.4 is 0 Å². The number of fused-ring (bicyclic) bond motifs is 2. The van der Waals surface area contributed by atoms with Crippen molar-refractivity contribution in [2.45, 2.75) is 0 Å². The summed E-state index contributed by atoms with van der Waals surface area (Å²) < 4.78 is 6.90. The van der Waals surface area contributed by atoms with E-state index in [1.807, 2.05) is 36.6 Å². The van der Waals surface area contributed by atoms with Gasteiger partial charge in [0.1, 0.15) is 5.58 Å². The Bertz CT molecular complexity index is 766. The van der Waals surface area contributed by atoms with Crippen molar-refractivity contribution in [3.63, 3.8) is 0 Å². The second-order valence-corrected chi connectivity index (χ2v) is 5.13. The molecule has 2 heteroatoms. The third-order valence-corrected chi connectivity index (χ3v) is 4.15. The van der Waals surface area contributed by atoms with E-state index >= 15 is 0 Å². The van der Waals surface area contributed by atoms with Gasteiger partial charge in [-0.3, -0.25) is 0 Å². The number of benzene rings is 2. The number of para-hydroxylation sites is 1. The van der Waals surface area contributed by atoms with Gasteiger partial charge in [-0.2, -0.15) is 0 Å². The fraction of sp³-hybridized carbons (Fsp3) is 0. The van der Waals surface area contributed by atoms with E-state index in [0.717, 1.165) is 11.1 Å². The van der Waals surface area contributed by atoms with E-state index in [4.69, 9.17) is 4.42 Å². The molecule has 0 amide bonds. The van der Waals surface area contributed by atoms with Crippen molar-refractivity contribution in [2.24, 2.45) is 0 Å². The van der Waals surface area contributed by atoms with Crippen LogP contribution in [0.4, 0.5) is 0 Å². The highest BCUT2D eigenvalue weighted by Crippen LogP contribution is 2.38. The van der Waals surface area contributed by atoms with Gasteiger partial charge in [-0.05, 0) is 29.6 Å². The van der Waals surface area contributed by atoms with Gasteiger partial charge in [0.25, 0.3) is 0 Å². The Morgan fingerprint density at radius 3 is 2.94 bits per heavy atom. The maximum atomic E-state index is 5.62. The highest BCUT2D eigenvalue weighted by atomic mass is 32.1. The summed E-state index contributed by atoms with van der Waals surface area (Å²) in [6.45, 7) is 0. The van der Waals surface area contributed by atoms with Crippen LogP contribution in [0.2, 0.25) is 0 Å². The van der Waals surface area contributed by atoms with Crippen LogP contribution in [0.1, 0.15) is 0 Å². The maximum absolute atomic E-state index is 5.62. The van der Waals surface area contributed by atoms with E-state index in [1.165, 1.54) is 21.0 Å². The standard InChI is InChI=1S/C16H9OS/c1-3-7-15-11(5-1)13(9-17-15)14-10-18-16-8-4-2-6-12(14)16/h1,3-10H. The first kappa shape index (κ1) is 9.92. The monoisotopic (exact) mass is 249 g/mol. The van der Waals surface area contributed by atoms with Gasteiger partial charge in [0, 0.05) is 26.6 Å². The lowest BCUT2D eigenvalue weighted by atomic mass is 10.0. The Kier molecular flexibility index (Phi) is 2.05. The summed E-state index contributed by atoms with van der Waals surface area (Å²) in [4.78, 5) is 0. The molecule has 4 aromatic rings. The van der Waals surface area contributed by atoms with Crippen LogP contribution in [-0.2, 0) is 0 Å². The molecule has 0 aliphatic carbocycles. The molecule has 1 nitrogen and oxygen atoms in total. The Balaban J connectivity index is 2.08. The van der Waals surface area contributed by atoms with Crippen LogP contribution in [0.15, 0.2) is 58.5 Å². The summed E-state index contributed by atoms with van der Waals surface area (Å²) >= 11 is 1.76. The topological polar surface area (TPSA) is 13.1 Å². The van der Waals surface area contributed by atoms with Crippen LogP contribution >= 0.6 is 11.3 Å². The normalized spacial score (nSPS) is 11.3. The molecule has 0 N–H and O–H groups in total. The molecule has 0 fully saturated rings. The van der Waals surface area contributed by atoms with E-state index in [-0.39, 0.29) is 0 Å². The lowest BCUT2D eigenvalue weighted by Crippen LogP contribution is -1.72. The number of hydrogen-bond donors (Lipinski definition) is 0. The van der Waals surface area contributed by atoms with Crippen LogP contribution in [0.25, 0.3) is 32.2 Å². The van der Waals surface area contributed by atoms with E-state index in [9.17, 15) is 0 Å². The Morgan fingerprint density at radius 1 is 1.00 bits per heavy atom. The molecule has 4 rings (SSSR count). The van der Waals surface area contributed by atoms with Crippen LogP contribution in [-0.4, -0.2) is 0 Å². The minimum Gasteiger partial charge on any atom is -0.464 e. The molecule has 0 saturated carbocycles. The summed E-state index contributed by atoms with van der Waals surface area (Å²) in [7, 11) is 0. The molecule has 85 valence electrons. The predicted molar refractivity (Wildman–Crippen MR) is 75.9 cm³/mol. The largest absolute Gasteiger partial charge is 0.464 e. The maximum Gasteiger partial charge on any atom is 0.134 e. The minimum atomic E-state index is 0.937. The first-order valence-corrected chi connectivity index (χ1v) is 6.65. The Hall–Kier alpha value is -2.06. The lowest BCUT2D eigenvalue weighted by Gasteiger charge is -1.96. The minimum absolute atomic E-state index is 0.937. The molecular formula is C16H9OS. The Morgan fingerprint density at radius 2 is 1.94 bits per heavy atom. The molecule has 2 aromatic heterocycles. The molecule has 0 aliphatic rings. The van der Waals surface area contributed by atoms with E-state index in [2.05, 4.69) is 23.6 Å². The number of thiophene rings is 1. The predicted octanol–water partition coefficient (Wildman–Crippen LogP) is 5.11. The van der Waals surface area contributed by atoms with Gasteiger partial charge in [-0.15, -0.1) is 11.3 Å². The molecule has 2 aromatic carbocycles. The van der Waals surface area contributed by atoms with Crippen LogP contribution in [0.5, 0.6) is 0 Å². The first-order chi connectivity index (χ1) is 8.93. The summed E-state index contributed by atoms with van der Waals surface area (Å²) in [5.74, 6) is 0. The third kappa shape index (κ3) is 1.33. The molecule has 0 atom stereocenters. The van der Waals surface area contributed by atoms with Crippen molar-refractivity contribution in [1.82, 2.24) is 0 Å². The zero-order chi connectivity index (χ0) is 11.9. The molecule has 0 spiro atoms. The van der Waals surface area contributed by atoms with Crippen molar-refractivity contribution >= 4 is 32.4 Å². The quantitative estimate of drug-likeness (QED) is 0.456. The summed E-state index contributed by atoms with van der Waals surface area (Å²) in [5, 5.41) is 4.60. The van der Waals surface area contributed by atoms with Crippen molar-refractivity contribution in [3.8, 4) is 11.1 Å². The molecule has 0 unspecified atom stereocenters. The molecule has 18 heavy (non-hydrogen) atoms. The van der Waals surface area contributed by atoms with Gasteiger partial charge in [0.2, 0.25) is 0 Å². The third-order valence-electron chi connectivity index (χ3n) is 3.19. The number of hydrogen-bond acceptors (Lipinski definition) is 2.